The Kier molecular flexibility index (Phi) is 4.29. The van der Waals surface area contributed by atoms with Crippen LogP contribution in [0.5, 0.6) is 0 Å². The maximum Gasteiger partial charge on any atom is 0.289 e. The van der Waals surface area contributed by atoms with Crippen LogP contribution in [0.15, 0.2) is 35.1 Å². The van der Waals surface area contributed by atoms with Gasteiger partial charge in [0.15, 0.2) is 11.5 Å². The summed E-state index contributed by atoms with van der Waals surface area (Å²) in [4.78, 5) is 28.5. The standard InChI is InChI=1S/C15H14ClN3O4/c16-12-7-11(19(21)22)9-17-15(12)18-5-1-3-10(18)8-13(20)14-4-2-6-23-14/h2,4,6-7,9-10H,1,3,5,8H2/t10-/m1/s1. The molecular formula is C15H14ClN3O4. The van der Waals surface area contributed by atoms with Crippen LogP contribution in [-0.4, -0.2) is 28.3 Å². The minimum atomic E-state index is -0.537. The molecule has 1 saturated heterocycles. The van der Waals surface area contributed by atoms with E-state index in [0.717, 1.165) is 12.8 Å². The molecule has 1 aliphatic heterocycles. The topological polar surface area (TPSA) is 89.5 Å². The molecule has 1 fully saturated rings. The van der Waals surface area contributed by atoms with Crippen molar-refractivity contribution in [1.82, 2.24) is 4.98 Å². The van der Waals surface area contributed by atoms with Gasteiger partial charge >= 0.3 is 0 Å². The summed E-state index contributed by atoms with van der Waals surface area (Å²) in [5.74, 6) is 0.733. The first-order chi connectivity index (χ1) is 11.1. The average Bonchev–Trinajstić information content (AvgIpc) is 3.18. The van der Waals surface area contributed by atoms with E-state index < -0.39 is 4.92 Å². The summed E-state index contributed by atoms with van der Waals surface area (Å²) in [5, 5.41) is 11.0. The Bertz CT molecular complexity index is 732. The molecule has 8 heteroatoms. The van der Waals surface area contributed by atoms with Gasteiger partial charge in [-0.25, -0.2) is 4.98 Å². The number of pyridine rings is 1. The van der Waals surface area contributed by atoms with Crippen LogP contribution in [0, 0.1) is 10.1 Å². The van der Waals surface area contributed by atoms with Gasteiger partial charge < -0.3 is 9.32 Å². The van der Waals surface area contributed by atoms with Crippen molar-refractivity contribution in [3.63, 3.8) is 0 Å². The first-order valence-corrected chi connectivity index (χ1v) is 7.57. The highest BCUT2D eigenvalue weighted by atomic mass is 35.5. The van der Waals surface area contributed by atoms with Crippen LogP contribution in [0.25, 0.3) is 0 Å². The molecule has 0 aromatic carbocycles. The summed E-state index contributed by atoms with van der Waals surface area (Å²) in [5.41, 5.74) is -0.152. The lowest BCUT2D eigenvalue weighted by molar-refractivity contribution is -0.385. The van der Waals surface area contributed by atoms with Crippen molar-refractivity contribution >= 4 is 28.9 Å². The molecule has 3 rings (SSSR count). The number of furan rings is 1. The fourth-order valence-electron chi connectivity index (χ4n) is 2.81. The van der Waals surface area contributed by atoms with Crippen molar-refractivity contribution in [1.29, 1.82) is 0 Å². The predicted molar refractivity (Wildman–Crippen MR) is 83.9 cm³/mol. The number of hydrogen-bond acceptors (Lipinski definition) is 6. The van der Waals surface area contributed by atoms with Crippen molar-refractivity contribution in [2.75, 3.05) is 11.4 Å². The van der Waals surface area contributed by atoms with Gasteiger partial charge in [-0.1, -0.05) is 11.6 Å². The molecule has 0 N–H and O–H groups in total. The molecule has 0 unspecified atom stereocenters. The van der Waals surface area contributed by atoms with E-state index in [1.165, 1.54) is 18.5 Å². The number of carbonyl (C=O) groups excluding carboxylic acids is 1. The SMILES string of the molecule is O=C(C[C@H]1CCCN1c1ncc([N+](=O)[O-])cc1Cl)c1ccco1. The third kappa shape index (κ3) is 3.19. The summed E-state index contributed by atoms with van der Waals surface area (Å²) in [6.07, 6.45) is 4.69. The van der Waals surface area contributed by atoms with E-state index in [4.69, 9.17) is 16.0 Å². The summed E-state index contributed by atoms with van der Waals surface area (Å²) < 4.78 is 5.13. The molecule has 0 radical (unpaired) electrons. The smallest absolute Gasteiger partial charge is 0.289 e. The van der Waals surface area contributed by atoms with E-state index in [2.05, 4.69) is 4.98 Å². The predicted octanol–water partition coefficient (Wildman–Crippen LogP) is 3.48. The lowest BCUT2D eigenvalue weighted by atomic mass is 10.1. The largest absolute Gasteiger partial charge is 0.461 e. The lowest BCUT2D eigenvalue weighted by Crippen LogP contribution is -2.32. The minimum absolute atomic E-state index is 0.0425. The van der Waals surface area contributed by atoms with E-state index in [9.17, 15) is 14.9 Å². The minimum Gasteiger partial charge on any atom is -0.461 e. The summed E-state index contributed by atoms with van der Waals surface area (Å²) in [6, 6.07) is 4.56. The summed E-state index contributed by atoms with van der Waals surface area (Å²) in [7, 11) is 0. The van der Waals surface area contributed by atoms with Gasteiger partial charge in [-0.3, -0.25) is 14.9 Å². The molecule has 2 aromatic heterocycles. The van der Waals surface area contributed by atoms with Crippen molar-refractivity contribution in [2.24, 2.45) is 0 Å². The molecule has 0 saturated carbocycles. The number of rotatable bonds is 5. The molecule has 7 nitrogen and oxygen atoms in total. The molecule has 1 atom stereocenters. The highest BCUT2D eigenvalue weighted by Crippen LogP contribution is 2.33. The third-order valence-corrected chi connectivity index (χ3v) is 4.16. The third-order valence-electron chi connectivity index (χ3n) is 3.88. The molecular weight excluding hydrogens is 322 g/mol. The normalized spacial score (nSPS) is 17.4. The van der Waals surface area contributed by atoms with E-state index in [1.54, 1.807) is 12.1 Å². The van der Waals surface area contributed by atoms with Gasteiger partial charge in [-0.2, -0.15) is 0 Å². The Balaban J connectivity index is 1.79. The Morgan fingerprint density at radius 1 is 1.57 bits per heavy atom. The number of anilines is 1. The van der Waals surface area contributed by atoms with E-state index in [1.807, 2.05) is 4.90 Å². The molecule has 3 heterocycles. The van der Waals surface area contributed by atoms with Crippen LogP contribution in [-0.2, 0) is 0 Å². The second-order valence-corrected chi connectivity index (χ2v) is 5.76. The summed E-state index contributed by atoms with van der Waals surface area (Å²) in [6.45, 7) is 0.709. The Hall–Kier alpha value is -2.41. The molecule has 23 heavy (non-hydrogen) atoms. The zero-order chi connectivity index (χ0) is 16.4. The van der Waals surface area contributed by atoms with Crippen LogP contribution >= 0.6 is 11.6 Å². The van der Waals surface area contributed by atoms with Crippen LogP contribution in [0.4, 0.5) is 11.5 Å². The van der Waals surface area contributed by atoms with Crippen molar-refractivity contribution < 1.29 is 14.1 Å². The molecule has 120 valence electrons. The van der Waals surface area contributed by atoms with Gasteiger partial charge in [0.1, 0.15) is 12.0 Å². The van der Waals surface area contributed by atoms with Gasteiger partial charge in [0.2, 0.25) is 0 Å². The number of nitrogens with zero attached hydrogens (tertiary/aromatic N) is 3. The highest BCUT2D eigenvalue weighted by Gasteiger charge is 2.30. The Labute approximate surface area is 137 Å². The number of hydrogen-bond donors (Lipinski definition) is 0. The Morgan fingerprint density at radius 2 is 2.39 bits per heavy atom. The second-order valence-electron chi connectivity index (χ2n) is 5.35. The van der Waals surface area contributed by atoms with Gasteiger partial charge in [0.05, 0.1) is 16.2 Å². The van der Waals surface area contributed by atoms with Crippen LogP contribution in [0.2, 0.25) is 5.02 Å². The number of nitro groups is 1. The fourth-order valence-corrected chi connectivity index (χ4v) is 3.08. The number of aromatic nitrogens is 1. The molecule has 1 aliphatic rings. The fraction of sp³-hybridized carbons (Fsp3) is 0.333. The molecule has 2 aromatic rings. The highest BCUT2D eigenvalue weighted by molar-refractivity contribution is 6.33. The van der Waals surface area contributed by atoms with Gasteiger partial charge in [0, 0.05) is 25.1 Å². The monoisotopic (exact) mass is 335 g/mol. The van der Waals surface area contributed by atoms with Gasteiger partial charge in [-0.05, 0) is 25.0 Å². The van der Waals surface area contributed by atoms with E-state index >= 15 is 0 Å². The first kappa shape index (κ1) is 15.5. The van der Waals surface area contributed by atoms with Crippen LogP contribution in [0.1, 0.15) is 29.8 Å². The average molecular weight is 336 g/mol. The molecule has 0 spiro atoms. The van der Waals surface area contributed by atoms with Gasteiger partial charge in [-0.15, -0.1) is 0 Å². The number of halogens is 1. The van der Waals surface area contributed by atoms with Gasteiger partial charge in [0.25, 0.3) is 5.69 Å². The number of carbonyl (C=O) groups is 1. The van der Waals surface area contributed by atoms with Crippen LogP contribution < -0.4 is 4.90 Å². The zero-order valence-corrected chi connectivity index (χ0v) is 12.9. The summed E-state index contributed by atoms with van der Waals surface area (Å²) >= 11 is 6.14. The number of Topliss-reactive ketones (excluding diaryl/α,β-unsaturated/α-hetero) is 1. The Morgan fingerprint density at radius 3 is 3.04 bits per heavy atom. The molecule has 0 amide bonds. The van der Waals surface area contributed by atoms with Crippen molar-refractivity contribution in [2.45, 2.75) is 25.3 Å². The zero-order valence-electron chi connectivity index (χ0n) is 12.1. The maximum atomic E-state index is 12.2. The maximum absolute atomic E-state index is 12.2. The lowest BCUT2D eigenvalue weighted by Gasteiger charge is -2.25. The number of ketones is 1. The van der Waals surface area contributed by atoms with E-state index in [0.29, 0.717) is 24.5 Å². The second kappa shape index (κ2) is 6.37. The van der Waals surface area contributed by atoms with E-state index in [-0.39, 0.29) is 22.5 Å². The quantitative estimate of drug-likeness (QED) is 0.472. The first-order valence-electron chi connectivity index (χ1n) is 7.19. The molecule has 0 aliphatic carbocycles. The van der Waals surface area contributed by atoms with Crippen molar-refractivity contribution in [3.05, 3.63) is 51.6 Å². The van der Waals surface area contributed by atoms with Crippen molar-refractivity contribution in [3.8, 4) is 0 Å². The molecule has 0 bridgehead atoms. The van der Waals surface area contributed by atoms with Crippen LogP contribution in [0.3, 0.4) is 0 Å².